The number of aryl methyl sites for hydroxylation is 1. The van der Waals surface area contributed by atoms with Gasteiger partial charge in [-0.1, -0.05) is 0 Å². The van der Waals surface area contributed by atoms with E-state index in [0.717, 1.165) is 31.2 Å². The van der Waals surface area contributed by atoms with Gasteiger partial charge in [-0.15, -0.1) is 24.0 Å². The molecule has 2 rings (SSSR count). The van der Waals surface area contributed by atoms with Gasteiger partial charge in [-0.2, -0.15) is 5.10 Å². The summed E-state index contributed by atoms with van der Waals surface area (Å²) in [6.07, 6.45) is 3.69. The molecular weight excluding hydrogens is 461 g/mol. The van der Waals surface area contributed by atoms with Crippen LogP contribution in [0.25, 0.3) is 0 Å². The number of halogens is 1. The summed E-state index contributed by atoms with van der Waals surface area (Å²) in [6, 6.07) is 0.196. The van der Waals surface area contributed by atoms with Gasteiger partial charge in [-0.3, -0.25) is 9.67 Å². The molecule has 154 valence electrons. The maximum atomic E-state index is 11.8. The lowest BCUT2D eigenvalue weighted by Gasteiger charge is -2.36. The Labute approximate surface area is 178 Å². The summed E-state index contributed by atoms with van der Waals surface area (Å²) in [5, 5.41) is 7.73. The molecule has 1 amide bonds. The second kappa shape index (κ2) is 11.3. The van der Waals surface area contributed by atoms with Crippen molar-refractivity contribution in [1.29, 1.82) is 0 Å². The summed E-state index contributed by atoms with van der Waals surface area (Å²) < 4.78 is 6.88. The number of hydrogen-bond donors (Lipinski definition) is 1. The number of piperazine rings is 1. The van der Waals surface area contributed by atoms with E-state index in [-0.39, 0.29) is 36.1 Å². The van der Waals surface area contributed by atoms with E-state index in [4.69, 9.17) is 4.74 Å². The standard InChI is InChI=1S/C17H31N7O2.HI/c1-6-26-17(25)24-9-7-23(8-10-24)16(18-2)19-12-15(21(3)4)14-11-20-22(5)13-14;/h11,13,15H,6-10,12H2,1-5H3,(H,18,19);1H. The fraction of sp³-hybridized carbons (Fsp3) is 0.706. The zero-order valence-corrected chi connectivity index (χ0v) is 19.2. The summed E-state index contributed by atoms with van der Waals surface area (Å²) in [6.45, 7) is 5.70. The molecule has 2 heterocycles. The number of rotatable bonds is 5. The molecule has 1 unspecified atom stereocenters. The number of aliphatic imine (C=N–C) groups is 1. The van der Waals surface area contributed by atoms with Gasteiger partial charge in [0.05, 0.1) is 18.8 Å². The summed E-state index contributed by atoms with van der Waals surface area (Å²) in [5.74, 6) is 0.851. The van der Waals surface area contributed by atoms with Crippen LogP contribution in [0.4, 0.5) is 4.79 Å². The predicted molar refractivity (Wildman–Crippen MR) is 117 cm³/mol. The molecule has 1 aliphatic rings. The predicted octanol–water partition coefficient (Wildman–Crippen LogP) is 0.990. The molecule has 1 aromatic rings. The quantitative estimate of drug-likeness (QED) is 0.375. The number of amides is 1. The number of likely N-dealkylation sites (N-methyl/N-ethyl adjacent to an activating group) is 1. The molecule has 1 aliphatic heterocycles. The van der Waals surface area contributed by atoms with Gasteiger partial charge < -0.3 is 24.8 Å². The second-order valence-electron chi connectivity index (χ2n) is 6.53. The monoisotopic (exact) mass is 493 g/mol. The van der Waals surface area contributed by atoms with Gasteiger partial charge in [0, 0.05) is 58.6 Å². The molecule has 0 radical (unpaired) electrons. The van der Waals surface area contributed by atoms with Gasteiger partial charge >= 0.3 is 6.09 Å². The second-order valence-corrected chi connectivity index (χ2v) is 6.53. The van der Waals surface area contributed by atoms with Crippen molar-refractivity contribution in [3.63, 3.8) is 0 Å². The van der Waals surface area contributed by atoms with E-state index in [1.165, 1.54) is 0 Å². The van der Waals surface area contributed by atoms with Crippen LogP contribution in [0.3, 0.4) is 0 Å². The van der Waals surface area contributed by atoms with Crippen molar-refractivity contribution in [2.45, 2.75) is 13.0 Å². The smallest absolute Gasteiger partial charge is 0.409 e. The zero-order chi connectivity index (χ0) is 19.1. The summed E-state index contributed by atoms with van der Waals surface area (Å²) in [7, 11) is 7.82. The largest absolute Gasteiger partial charge is 0.450 e. The molecule has 27 heavy (non-hydrogen) atoms. The molecule has 1 fully saturated rings. The van der Waals surface area contributed by atoms with Gasteiger partial charge in [-0.05, 0) is 21.0 Å². The summed E-state index contributed by atoms with van der Waals surface area (Å²) in [5.41, 5.74) is 1.16. The van der Waals surface area contributed by atoms with Crippen molar-refractivity contribution < 1.29 is 9.53 Å². The average molecular weight is 493 g/mol. The number of ether oxygens (including phenoxy) is 1. The normalized spacial score (nSPS) is 16.1. The maximum Gasteiger partial charge on any atom is 0.409 e. The van der Waals surface area contributed by atoms with Crippen LogP contribution < -0.4 is 5.32 Å². The van der Waals surface area contributed by atoms with Crippen LogP contribution in [0, 0.1) is 0 Å². The fourth-order valence-electron chi connectivity index (χ4n) is 3.05. The molecule has 0 spiro atoms. The topological polar surface area (TPSA) is 78.2 Å². The fourth-order valence-corrected chi connectivity index (χ4v) is 3.05. The van der Waals surface area contributed by atoms with Crippen LogP contribution in [0.15, 0.2) is 17.4 Å². The molecule has 1 saturated heterocycles. The van der Waals surface area contributed by atoms with Crippen molar-refractivity contribution in [2.24, 2.45) is 12.0 Å². The molecular formula is C17H32IN7O2. The number of nitrogens with one attached hydrogen (secondary N) is 1. The first kappa shape index (κ1) is 23.5. The first-order chi connectivity index (χ1) is 12.5. The minimum absolute atomic E-state index is 0. The van der Waals surface area contributed by atoms with Crippen LogP contribution in [0.1, 0.15) is 18.5 Å². The van der Waals surface area contributed by atoms with E-state index in [1.807, 2.05) is 31.0 Å². The molecule has 9 nitrogen and oxygen atoms in total. The Morgan fingerprint density at radius 3 is 2.44 bits per heavy atom. The van der Waals surface area contributed by atoms with Gasteiger partial charge in [0.2, 0.25) is 0 Å². The molecule has 0 aliphatic carbocycles. The Morgan fingerprint density at radius 1 is 1.33 bits per heavy atom. The van der Waals surface area contributed by atoms with Crippen molar-refractivity contribution in [3.05, 3.63) is 18.0 Å². The van der Waals surface area contributed by atoms with Crippen LogP contribution in [-0.2, 0) is 11.8 Å². The summed E-state index contributed by atoms with van der Waals surface area (Å²) >= 11 is 0. The average Bonchev–Trinajstić information content (AvgIpc) is 3.05. The highest BCUT2D eigenvalue weighted by atomic mass is 127. The van der Waals surface area contributed by atoms with Gasteiger partial charge in [0.25, 0.3) is 0 Å². The van der Waals surface area contributed by atoms with Gasteiger partial charge in [0.1, 0.15) is 0 Å². The van der Waals surface area contributed by atoms with Crippen molar-refractivity contribution in [3.8, 4) is 0 Å². The number of hydrogen-bond acceptors (Lipinski definition) is 5. The van der Waals surface area contributed by atoms with Crippen LogP contribution in [0.5, 0.6) is 0 Å². The number of aromatic nitrogens is 2. The Bertz CT molecular complexity index is 612. The Kier molecular flexibility index (Phi) is 9.84. The highest BCUT2D eigenvalue weighted by molar-refractivity contribution is 14.0. The van der Waals surface area contributed by atoms with E-state index in [0.29, 0.717) is 19.7 Å². The molecule has 1 atom stereocenters. The molecule has 0 aromatic carbocycles. The number of guanidine groups is 1. The van der Waals surface area contributed by atoms with Crippen molar-refractivity contribution in [2.75, 3.05) is 60.5 Å². The minimum atomic E-state index is -0.237. The number of carbonyl (C=O) groups excluding carboxylic acids is 1. The lowest BCUT2D eigenvalue weighted by molar-refractivity contribution is 0.0914. The van der Waals surface area contributed by atoms with E-state index < -0.39 is 0 Å². The number of nitrogens with zero attached hydrogens (tertiary/aromatic N) is 6. The van der Waals surface area contributed by atoms with Crippen molar-refractivity contribution >= 4 is 36.0 Å². The van der Waals surface area contributed by atoms with Crippen LogP contribution in [0.2, 0.25) is 0 Å². The molecule has 1 N–H and O–H groups in total. The maximum absolute atomic E-state index is 11.8. The highest BCUT2D eigenvalue weighted by Crippen LogP contribution is 2.16. The molecule has 1 aromatic heterocycles. The van der Waals surface area contributed by atoms with Gasteiger partial charge in [0.15, 0.2) is 5.96 Å². The lowest BCUT2D eigenvalue weighted by Crippen LogP contribution is -2.54. The molecule has 0 saturated carbocycles. The van der Waals surface area contributed by atoms with E-state index in [2.05, 4.69) is 39.3 Å². The number of carbonyl (C=O) groups is 1. The van der Waals surface area contributed by atoms with Crippen LogP contribution >= 0.6 is 24.0 Å². The van der Waals surface area contributed by atoms with E-state index >= 15 is 0 Å². The first-order valence-corrected chi connectivity index (χ1v) is 8.98. The Morgan fingerprint density at radius 2 is 1.96 bits per heavy atom. The first-order valence-electron chi connectivity index (χ1n) is 8.98. The molecule has 10 heteroatoms. The highest BCUT2D eigenvalue weighted by Gasteiger charge is 2.24. The van der Waals surface area contributed by atoms with Gasteiger partial charge in [-0.25, -0.2) is 4.79 Å². The van der Waals surface area contributed by atoms with Crippen molar-refractivity contribution in [1.82, 2.24) is 29.8 Å². The van der Waals surface area contributed by atoms with E-state index in [9.17, 15) is 4.79 Å². The van der Waals surface area contributed by atoms with E-state index in [1.54, 1.807) is 11.9 Å². The Balaban J connectivity index is 0.00000364. The Hall–Kier alpha value is -1.56. The minimum Gasteiger partial charge on any atom is -0.450 e. The lowest BCUT2D eigenvalue weighted by atomic mass is 10.1. The summed E-state index contributed by atoms with van der Waals surface area (Å²) in [4.78, 5) is 22.3. The zero-order valence-electron chi connectivity index (χ0n) is 16.9. The third-order valence-corrected chi connectivity index (χ3v) is 4.50. The SMILES string of the molecule is CCOC(=O)N1CCN(C(=NC)NCC(c2cnn(C)c2)N(C)C)CC1.I. The molecule has 0 bridgehead atoms. The third-order valence-electron chi connectivity index (χ3n) is 4.50. The van der Waals surface area contributed by atoms with Crippen LogP contribution in [-0.4, -0.2) is 97.0 Å². The third kappa shape index (κ3) is 6.52.